The molecule has 1 heterocycles. The van der Waals surface area contributed by atoms with Crippen molar-refractivity contribution in [1.29, 1.82) is 0 Å². The van der Waals surface area contributed by atoms with Gasteiger partial charge in [0.25, 0.3) is 5.56 Å². The highest BCUT2D eigenvalue weighted by Crippen LogP contribution is 2.16. The first-order valence-electron chi connectivity index (χ1n) is 6.16. The third-order valence-electron chi connectivity index (χ3n) is 2.70. The SMILES string of the molecule is CCC(O)CCNc1cnn(C(C)C)c(=O)c1Cl. The molecule has 0 aliphatic rings. The predicted octanol–water partition coefficient (Wildman–Crippen LogP) is 2.05. The number of rotatable bonds is 6. The van der Waals surface area contributed by atoms with Crippen molar-refractivity contribution in [3.8, 4) is 0 Å². The number of nitrogens with one attached hydrogen (secondary N) is 1. The zero-order valence-electron chi connectivity index (χ0n) is 11.0. The van der Waals surface area contributed by atoms with Crippen LogP contribution in [0.4, 0.5) is 5.69 Å². The van der Waals surface area contributed by atoms with Crippen LogP contribution in [-0.4, -0.2) is 27.5 Å². The van der Waals surface area contributed by atoms with E-state index in [2.05, 4.69) is 10.4 Å². The normalized spacial score (nSPS) is 12.8. The Labute approximate surface area is 112 Å². The second kappa shape index (κ2) is 6.75. The number of hydrogen-bond acceptors (Lipinski definition) is 4. The van der Waals surface area contributed by atoms with E-state index < -0.39 is 0 Å². The van der Waals surface area contributed by atoms with Crippen LogP contribution in [0, 0.1) is 0 Å². The molecule has 102 valence electrons. The van der Waals surface area contributed by atoms with E-state index >= 15 is 0 Å². The molecule has 0 spiro atoms. The van der Waals surface area contributed by atoms with E-state index in [1.807, 2.05) is 20.8 Å². The van der Waals surface area contributed by atoms with Gasteiger partial charge in [-0.2, -0.15) is 5.10 Å². The average molecular weight is 274 g/mol. The molecule has 1 unspecified atom stereocenters. The van der Waals surface area contributed by atoms with E-state index in [0.29, 0.717) is 25.1 Å². The number of aliphatic hydroxyl groups is 1. The minimum atomic E-state index is -0.333. The summed E-state index contributed by atoms with van der Waals surface area (Å²) in [6, 6.07) is -0.0223. The van der Waals surface area contributed by atoms with E-state index in [1.165, 1.54) is 4.68 Å². The van der Waals surface area contributed by atoms with Crippen molar-refractivity contribution in [3.63, 3.8) is 0 Å². The van der Waals surface area contributed by atoms with Gasteiger partial charge in [-0.1, -0.05) is 18.5 Å². The molecule has 6 heteroatoms. The van der Waals surface area contributed by atoms with Gasteiger partial charge in [-0.05, 0) is 26.7 Å². The molecule has 0 radical (unpaired) electrons. The average Bonchev–Trinajstić information content (AvgIpc) is 2.33. The van der Waals surface area contributed by atoms with Gasteiger partial charge in [0.1, 0.15) is 5.02 Å². The van der Waals surface area contributed by atoms with Gasteiger partial charge in [0.2, 0.25) is 0 Å². The molecule has 0 amide bonds. The molecule has 0 aromatic carbocycles. The number of anilines is 1. The number of aliphatic hydroxyl groups excluding tert-OH is 1. The highest BCUT2D eigenvalue weighted by Gasteiger charge is 2.11. The lowest BCUT2D eigenvalue weighted by Gasteiger charge is -2.13. The molecule has 0 aliphatic heterocycles. The van der Waals surface area contributed by atoms with Gasteiger partial charge < -0.3 is 10.4 Å². The molecule has 1 rings (SSSR count). The van der Waals surface area contributed by atoms with Crippen molar-refractivity contribution in [3.05, 3.63) is 21.6 Å². The molecule has 0 bridgehead atoms. The first-order chi connectivity index (χ1) is 8.47. The number of nitrogens with zero attached hydrogens (tertiary/aromatic N) is 2. The molecule has 1 aromatic heterocycles. The fourth-order valence-corrected chi connectivity index (χ4v) is 1.72. The van der Waals surface area contributed by atoms with Crippen molar-refractivity contribution in [2.45, 2.75) is 45.8 Å². The smallest absolute Gasteiger partial charge is 0.287 e. The highest BCUT2D eigenvalue weighted by molar-refractivity contribution is 6.32. The van der Waals surface area contributed by atoms with Gasteiger partial charge in [0, 0.05) is 6.54 Å². The van der Waals surface area contributed by atoms with Crippen LogP contribution in [0.3, 0.4) is 0 Å². The maximum atomic E-state index is 11.9. The lowest BCUT2D eigenvalue weighted by atomic mass is 10.2. The van der Waals surface area contributed by atoms with Crippen molar-refractivity contribution >= 4 is 17.3 Å². The molecule has 2 N–H and O–H groups in total. The zero-order chi connectivity index (χ0) is 13.7. The molecular weight excluding hydrogens is 254 g/mol. The van der Waals surface area contributed by atoms with Gasteiger partial charge in [-0.15, -0.1) is 0 Å². The van der Waals surface area contributed by atoms with Crippen LogP contribution in [0.1, 0.15) is 39.7 Å². The quantitative estimate of drug-likeness (QED) is 0.832. The number of halogens is 1. The Hall–Kier alpha value is -1.07. The molecule has 0 aliphatic carbocycles. The molecule has 0 fully saturated rings. The molecular formula is C12H20ClN3O2. The first kappa shape index (κ1) is 15.0. The molecule has 5 nitrogen and oxygen atoms in total. The van der Waals surface area contributed by atoms with Crippen LogP contribution < -0.4 is 10.9 Å². The Bertz CT molecular complexity index is 445. The summed E-state index contributed by atoms with van der Waals surface area (Å²) < 4.78 is 1.34. The first-order valence-corrected chi connectivity index (χ1v) is 6.54. The molecule has 1 atom stereocenters. The van der Waals surface area contributed by atoms with Gasteiger partial charge in [0.05, 0.1) is 24.0 Å². The Morgan fingerprint density at radius 1 is 1.56 bits per heavy atom. The highest BCUT2D eigenvalue weighted by atomic mass is 35.5. The summed E-state index contributed by atoms with van der Waals surface area (Å²) in [4.78, 5) is 11.9. The largest absolute Gasteiger partial charge is 0.393 e. The number of hydrogen-bond donors (Lipinski definition) is 2. The van der Waals surface area contributed by atoms with Gasteiger partial charge in [-0.3, -0.25) is 4.79 Å². The van der Waals surface area contributed by atoms with Crippen LogP contribution in [0.25, 0.3) is 0 Å². The van der Waals surface area contributed by atoms with Gasteiger partial charge in [-0.25, -0.2) is 4.68 Å². The third-order valence-corrected chi connectivity index (χ3v) is 3.06. The summed E-state index contributed by atoms with van der Waals surface area (Å²) in [6.07, 6.45) is 2.53. The summed E-state index contributed by atoms with van der Waals surface area (Å²) in [7, 11) is 0. The summed E-state index contributed by atoms with van der Waals surface area (Å²) in [6.45, 7) is 6.22. The van der Waals surface area contributed by atoms with E-state index in [4.69, 9.17) is 11.6 Å². The Balaban J connectivity index is 2.74. The van der Waals surface area contributed by atoms with Crippen molar-refractivity contribution in [1.82, 2.24) is 9.78 Å². The second-order valence-electron chi connectivity index (χ2n) is 4.49. The second-order valence-corrected chi connectivity index (χ2v) is 4.87. The van der Waals surface area contributed by atoms with Crippen LogP contribution in [0.5, 0.6) is 0 Å². The number of aromatic nitrogens is 2. The summed E-state index contributed by atoms with van der Waals surface area (Å²) in [5.41, 5.74) is 0.217. The zero-order valence-corrected chi connectivity index (χ0v) is 11.7. The van der Waals surface area contributed by atoms with Crippen molar-refractivity contribution in [2.24, 2.45) is 0 Å². The Morgan fingerprint density at radius 2 is 2.22 bits per heavy atom. The molecule has 0 saturated carbocycles. The van der Waals surface area contributed by atoms with E-state index in [-0.39, 0.29) is 22.7 Å². The van der Waals surface area contributed by atoms with Crippen molar-refractivity contribution in [2.75, 3.05) is 11.9 Å². The molecule has 18 heavy (non-hydrogen) atoms. The van der Waals surface area contributed by atoms with E-state index in [1.54, 1.807) is 6.20 Å². The topological polar surface area (TPSA) is 67.2 Å². The minimum Gasteiger partial charge on any atom is -0.393 e. The maximum Gasteiger partial charge on any atom is 0.287 e. The minimum absolute atomic E-state index is 0.0223. The van der Waals surface area contributed by atoms with Crippen LogP contribution in [-0.2, 0) is 0 Å². The Kier molecular flexibility index (Phi) is 5.62. The van der Waals surface area contributed by atoms with Crippen LogP contribution in [0.15, 0.2) is 11.0 Å². The summed E-state index contributed by atoms with van der Waals surface area (Å²) in [5.74, 6) is 0. The summed E-state index contributed by atoms with van der Waals surface area (Å²) >= 11 is 5.99. The fraction of sp³-hybridized carbons (Fsp3) is 0.667. The lowest BCUT2D eigenvalue weighted by molar-refractivity contribution is 0.164. The third kappa shape index (κ3) is 3.71. The maximum absolute atomic E-state index is 11.9. The van der Waals surface area contributed by atoms with Crippen LogP contribution >= 0.6 is 11.6 Å². The predicted molar refractivity (Wildman–Crippen MR) is 73.3 cm³/mol. The van der Waals surface area contributed by atoms with E-state index in [0.717, 1.165) is 0 Å². The molecule has 0 saturated heterocycles. The van der Waals surface area contributed by atoms with Gasteiger partial charge in [0.15, 0.2) is 0 Å². The lowest BCUT2D eigenvalue weighted by Crippen LogP contribution is -2.26. The van der Waals surface area contributed by atoms with E-state index in [9.17, 15) is 9.90 Å². The monoisotopic (exact) mass is 273 g/mol. The fourth-order valence-electron chi connectivity index (χ4n) is 1.51. The summed E-state index contributed by atoms with van der Waals surface area (Å²) in [5, 5.41) is 16.6. The molecule has 1 aromatic rings. The van der Waals surface area contributed by atoms with Gasteiger partial charge >= 0.3 is 0 Å². The van der Waals surface area contributed by atoms with Crippen molar-refractivity contribution < 1.29 is 5.11 Å². The Morgan fingerprint density at radius 3 is 2.78 bits per heavy atom. The van der Waals surface area contributed by atoms with Crippen LogP contribution in [0.2, 0.25) is 5.02 Å². The standard InChI is InChI=1S/C12H20ClN3O2/c1-4-9(17)5-6-14-10-7-15-16(8(2)3)12(18)11(10)13/h7-9,14,17H,4-6H2,1-3H3.